The van der Waals surface area contributed by atoms with Crippen LogP contribution in [0.5, 0.6) is 0 Å². The molecule has 0 saturated carbocycles. The van der Waals surface area contributed by atoms with Gasteiger partial charge in [-0.15, -0.1) is 11.8 Å². The number of rotatable bonds is 3. The summed E-state index contributed by atoms with van der Waals surface area (Å²) in [5.74, 6) is -0.451. The molecule has 3 heterocycles. The zero-order valence-corrected chi connectivity index (χ0v) is 15.5. The maximum atomic E-state index is 14.2. The molecule has 5 unspecified atom stereocenters. The van der Waals surface area contributed by atoms with Gasteiger partial charge in [0.25, 0.3) is 0 Å². The largest absolute Gasteiger partial charge is 0.379 e. The number of nitrogens with zero attached hydrogens (tertiary/aromatic N) is 1. The smallest absolute Gasteiger partial charge is 0.130 e. The molecule has 6 heteroatoms. The van der Waals surface area contributed by atoms with Crippen LogP contribution in [0.25, 0.3) is 0 Å². The summed E-state index contributed by atoms with van der Waals surface area (Å²) in [5.41, 5.74) is 0.593. The van der Waals surface area contributed by atoms with Gasteiger partial charge in [0, 0.05) is 48.9 Å². The van der Waals surface area contributed by atoms with Crippen molar-refractivity contribution in [2.45, 2.75) is 43.9 Å². The SMILES string of the molecule is CSC1=CC(C)C(N2CCC3NC(c4ccc(F)cc4F)CC32)CN1. The van der Waals surface area contributed by atoms with Crippen molar-refractivity contribution in [3.05, 3.63) is 46.5 Å². The Labute approximate surface area is 152 Å². The van der Waals surface area contributed by atoms with Crippen molar-refractivity contribution in [3.63, 3.8) is 0 Å². The van der Waals surface area contributed by atoms with E-state index in [2.05, 4.69) is 34.8 Å². The van der Waals surface area contributed by atoms with Gasteiger partial charge in [0.05, 0.1) is 5.03 Å². The van der Waals surface area contributed by atoms with Crippen LogP contribution in [-0.4, -0.2) is 42.4 Å². The zero-order chi connectivity index (χ0) is 17.6. The number of hydrogen-bond donors (Lipinski definition) is 2. The molecule has 3 aliphatic rings. The topological polar surface area (TPSA) is 27.3 Å². The number of halogens is 2. The van der Waals surface area contributed by atoms with E-state index < -0.39 is 11.6 Å². The van der Waals surface area contributed by atoms with Gasteiger partial charge in [-0.2, -0.15) is 0 Å². The van der Waals surface area contributed by atoms with Crippen molar-refractivity contribution in [2.24, 2.45) is 5.92 Å². The van der Waals surface area contributed by atoms with Crippen molar-refractivity contribution in [1.82, 2.24) is 15.5 Å². The van der Waals surface area contributed by atoms with Gasteiger partial charge in [-0.05, 0) is 31.1 Å². The third-order valence-corrected chi connectivity index (χ3v) is 6.69. The van der Waals surface area contributed by atoms with Crippen LogP contribution in [0.2, 0.25) is 0 Å². The Morgan fingerprint density at radius 3 is 2.80 bits per heavy atom. The van der Waals surface area contributed by atoms with Crippen molar-refractivity contribution in [1.29, 1.82) is 0 Å². The molecule has 5 atom stereocenters. The number of likely N-dealkylation sites (tertiary alicyclic amines) is 1. The van der Waals surface area contributed by atoms with Gasteiger partial charge >= 0.3 is 0 Å². The highest BCUT2D eigenvalue weighted by atomic mass is 32.2. The Bertz CT molecular complexity index is 681. The minimum atomic E-state index is -0.514. The fourth-order valence-corrected chi connectivity index (χ4v) is 5.29. The van der Waals surface area contributed by atoms with Crippen LogP contribution in [0.4, 0.5) is 8.78 Å². The highest BCUT2D eigenvalue weighted by Crippen LogP contribution is 2.39. The van der Waals surface area contributed by atoms with Crippen LogP contribution in [0.15, 0.2) is 29.3 Å². The van der Waals surface area contributed by atoms with Gasteiger partial charge in [0.1, 0.15) is 11.6 Å². The first kappa shape index (κ1) is 17.3. The van der Waals surface area contributed by atoms with Gasteiger partial charge in [-0.1, -0.05) is 19.1 Å². The summed E-state index contributed by atoms with van der Waals surface area (Å²) in [6.45, 7) is 4.33. The van der Waals surface area contributed by atoms with Crippen LogP contribution >= 0.6 is 11.8 Å². The van der Waals surface area contributed by atoms with E-state index in [1.165, 1.54) is 11.1 Å². The van der Waals surface area contributed by atoms with Gasteiger partial charge in [0.2, 0.25) is 0 Å². The van der Waals surface area contributed by atoms with Gasteiger partial charge in [0.15, 0.2) is 0 Å². The summed E-state index contributed by atoms with van der Waals surface area (Å²) in [6, 6.07) is 5.21. The average Bonchev–Trinajstić information content (AvgIpc) is 3.15. The second kappa shape index (κ2) is 6.89. The summed E-state index contributed by atoms with van der Waals surface area (Å²) >= 11 is 1.76. The maximum absolute atomic E-state index is 14.2. The second-order valence-corrected chi connectivity index (χ2v) is 8.21. The number of fused-ring (bicyclic) bond motifs is 1. The molecule has 4 rings (SSSR count). The number of hydrogen-bond acceptors (Lipinski definition) is 4. The highest BCUT2D eigenvalue weighted by molar-refractivity contribution is 8.02. The molecule has 0 bridgehead atoms. The molecule has 2 saturated heterocycles. The lowest BCUT2D eigenvalue weighted by molar-refractivity contribution is 0.142. The van der Waals surface area contributed by atoms with Crippen molar-refractivity contribution >= 4 is 11.8 Å². The van der Waals surface area contributed by atoms with Crippen LogP contribution in [0.3, 0.4) is 0 Å². The molecular weight excluding hydrogens is 340 g/mol. The maximum Gasteiger partial charge on any atom is 0.130 e. The summed E-state index contributed by atoms with van der Waals surface area (Å²) in [5, 5.41) is 8.37. The molecule has 3 aliphatic heterocycles. The molecular formula is C19H25F2N3S. The van der Waals surface area contributed by atoms with Crippen LogP contribution in [0, 0.1) is 17.6 Å². The fraction of sp³-hybridized carbons (Fsp3) is 0.579. The molecule has 136 valence electrons. The highest BCUT2D eigenvalue weighted by Gasteiger charge is 2.46. The predicted molar refractivity (Wildman–Crippen MR) is 98.3 cm³/mol. The molecule has 2 N–H and O–H groups in total. The fourth-order valence-electron chi connectivity index (χ4n) is 4.71. The Morgan fingerprint density at radius 2 is 2.08 bits per heavy atom. The summed E-state index contributed by atoms with van der Waals surface area (Å²) in [7, 11) is 0. The molecule has 0 spiro atoms. The first-order valence-corrected chi connectivity index (χ1v) is 10.3. The monoisotopic (exact) mass is 365 g/mol. The Hall–Kier alpha value is -1.11. The van der Waals surface area contributed by atoms with Gasteiger partial charge < -0.3 is 10.6 Å². The molecule has 0 aromatic heterocycles. The lowest BCUT2D eigenvalue weighted by atomic mass is 9.95. The van der Waals surface area contributed by atoms with E-state index >= 15 is 0 Å². The standard InChI is InChI=1S/C19H25F2N3S/c1-11-7-19(25-2)22-10-18(11)24-6-5-15-17(24)9-16(23-15)13-4-3-12(20)8-14(13)21/h3-4,7-8,11,15-18,22-23H,5-6,9-10H2,1-2H3. The van der Waals surface area contributed by atoms with Crippen LogP contribution in [0.1, 0.15) is 31.4 Å². The van der Waals surface area contributed by atoms with Crippen molar-refractivity contribution < 1.29 is 8.78 Å². The van der Waals surface area contributed by atoms with Crippen LogP contribution in [-0.2, 0) is 0 Å². The van der Waals surface area contributed by atoms with Gasteiger partial charge in [-0.3, -0.25) is 4.90 Å². The summed E-state index contributed by atoms with van der Waals surface area (Å²) < 4.78 is 27.4. The first-order valence-electron chi connectivity index (χ1n) is 9.03. The molecule has 25 heavy (non-hydrogen) atoms. The summed E-state index contributed by atoms with van der Waals surface area (Å²) in [6.07, 6.45) is 6.40. The van der Waals surface area contributed by atoms with E-state index in [0.29, 0.717) is 29.6 Å². The minimum absolute atomic E-state index is 0.0254. The first-order chi connectivity index (χ1) is 12.1. The van der Waals surface area contributed by atoms with Crippen molar-refractivity contribution in [3.8, 4) is 0 Å². The van der Waals surface area contributed by atoms with E-state index in [1.807, 2.05) is 0 Å². The lowest BCUT2D eigenvalue weighted by Crippen LogP contribution is -2.50. The predicted octanol–water partition coefficient (Wildman–Crippen LogP) is 3.25. The van der Waals surface area contributed by atoms with E-state index in [0.717, 1.165) is 32.0 Å². The Morgan fingerprint density at radius 1 is 1.24 bits per heavy atom. The molecule has 0 amide bonds. The average molecular weight is 365 g/mol. The number of thioether (sulfide) groups is 1. The number of benzene rings is 1. The molecule has 3 nitrogen and oxygen atoms in total. The quantitative estimate of drug-likeness (QED) is 0.860. The third kappa shape index (κ3) is 3.20. The normalized spacial score (nSPS) is 35.4. The van der Waals surface area contributed by atoms with Crippen LogP contribution < -0.4 is 10.6 Å². The zero-order valence-electron chi connectivity index (χ0n) is 14.6. The number of nitrogens with one attached hydrogen (secondary N) is 2. The molecule has 1 aromatic rings. The Kier molecular flexibility index (Phi) is 4.77. The van der Waals surface area contributed by atoms with Crippen molar-refractivity contribution in [2.75, 3.05) is 19.3 Å². The molecule has 0 radical (unpaired) electrons. The molecule has 1 aromatic carbocycles. The van der Waals surface area contributed by atoms with Gasteiger partial charge in [-0.25, -0.2) is 8.78 Å². The van der Waals surface area contributed by atoms with E-state index in [-0.39, 0.29) is 6.04 Å². The van der Waals surface area contributed by atoms with E-state index in [4.69, 9.17) is 0 Å². The lowest BCUT2D eigenvalue weighted by Gasteiger charge is -2.38. The molecule has 0 aliphatic carbocycles. The van der Waals surface area contributed by atoms with E-state index in [9.17, 15) is 8.78 Å². The van der Waals surface area contributed by atoms with E-state index in [1.54, 1.807) is 17.8 Å². The third-order valence-electron chi connectivity index (χ3n) is 5.97. The Balaban J connectivity index is 1.49. The second-order valence-electron chi connectivity index (χ2n) is 7.36. The summed E-state index contributed by atoms with van der Waals surface area (Å²) in [4.78, 5) is 2.60. The molecule has 2 fully saturated rings. The minimum Gasteiger partial charge on any atom is -0.379 e.